The van der Waals surface area contributed by atoms with E-state index < -0.39 is 0 Å². The van der Waals surface area contributed by atoms with Crippen molar-refractivity contribution >= 4 is 5.70 Å². The summed E-state index contributed by atoms with van der Waals surface area (Å²) in [6.45, 7) is 6.54. The van der Waals surface area contributed by atoms with Gasteiger partial charge < -0.3 is 0 Å². The first-order chi connectivity index (χ1) is 6.63. The van der Waals surface area contributed by atoms with Crippen molar-refractivity contribution < 1.29 is 20.1 Å². The van der Waals surface area contributed by atoms with Crippen molar-refractivity contribution in [1.29, 1.82) is 0 Å². The molecule has 0 bridgehead atoms. The Balaban J connectivity index is 0.00000112. The molecular formula is C12H15IrN2-. The zero-order valence-corrected chi connectivity index (χ0v) is 11.6. The fraction of sp³-hybridized carbons (Fsp3) is 0.417. The van der Waals surface area contributed by atoms with Crippen LogP contribution in [0.1, 0.15) is 27.2 Å². The molecule has 1 aliphatic carbocycles. The van der Waals surface area contributed by atoms with Gasteiger partial charge in [-0.2, -0.15) is 5.10 Å². The van der Waals surface area contributed by atoms with Crippen LogP contribution >= 0.6 is 0 Å². The van der Waals surface area contributed by atoms with Crippen molar-refractivity contribution in [2.24, 2.45) is 5.41 Å². The smallest absolute Gasteiger partial charge is 0.0493 e. The number of hydrogen-bond acceptors (Lipinski definition) is 1. The monoisotopic (exact) mass is 380 g/mol. The summed E-state index contributed by atoms with van der Waals surface area (Å²) in [4.78, 5) is 0. The molecule has 2 rings (SSSR count). The van der Waals surface area contributed by atoms with E-state index in [9.17, 15) is 0 Å². The Hall–Kier alpha value is -0.661. The Morgan fingerprint density at radius 2 is 2.20 bits per heavy atom. The third-order valence-electron chi connectivity index (χ3n) is 2.54. The molecule has 1 aromatic rings. The van der Waals surface area contributed by atoms with Crippen LogP contribution in [-0.4, -0.2) is 9.78 Å². The number of allylic oxidation sites excluding steroid dienone is 4. The second-order valence-corrected chi connectivity index (χ2v) is 4.17. The zero-order valence-electron chi connectivity index (χ0n) is 9.24. The van der Waals surface area contributed by atoms with Crippen LogP contribution in [0.15, 0.2) is 30.1 Å². The molecule has 83 valence electrons. The van der Waals surface area contributed by atoms with Crippen LogP contribution in [0.3, 0.4) is 0 Å². The predicted molar refractivity (Wildman–Crippen MR) is 57.3 cm³/mol. The minimum Gasteiger partial charge on any atom is -0.264 e. The summed E-state index contributed by atoms with van der Waals surface area (Å²) in [7, 11) is 0. The number of nitrogens with zero attached hydrogens (tertiary/aromatic N) is 2. The molecule has 0 atom stereocenters. The maximum Gasteiger partial charge on any atom is 0.0493 e. The summed E-state index contributed by atoms with van der Waals surface area (Å²) in [6, 6.07) is 1.94. The quantitative estimate of drug-likeness (QED) is 0.723. The van der Waals surface area contributed by atoms with E-state index in [1.165, 1.54) is 5.57 Å². The molecule has 1 radical (unpaired) electrons. The number of aromatic nitrogens is 2. The van der Waals surface area contributed by atoms with Crippen molar-refractivity contribution in [3.63, 3.8) is 0 Å². The van der Waals surface area contributed by atoms with E-state index in [4.69, 9.17) is 0 Å². The Morgan fingerprint density at radius 3 is 2.67 bits per heavy atom. The molecular weight excluding hydrogens is 364 g/mol. The molecule has 0 amide bonds. The molecule has 1 aliphatic rings. The number of rotatable bonds is 2. The van der Waals surface area contributed by atoms with Crippen molar-refractivity contribution in [3.05, 3.63) is 36.2 Å². The van der Waals surface area contributed by atoms with Gasteiger partial charge in [-0.1, -0.05) is 38.3 Å². The molecule has 0 spiro atoms. The van der Waals surface area contributed by atoms with Gasteiger partial charge in [-0.25, -0.2) is 17.7 Å². The maximum absolute atomic E-state index is 4.25. The summed E-state index contributed by atoms with van der Waals surface area (Å²) in [5.41, 5.74) is 2.47. The Labute approximate surface area is 104 Å². The summed E-state index contributed by atoms with van der Waals surface area (Å²) in [6.07, 6.45) is 10.5. The van der Waals surface area contributed by atoms with E-state index in [1.807, 2.05) is 16.9 Å². The average Bonchev–Trinajstić information content (AvgIpc) is 2.70. The first-order valence-electron chi connectivity index (χ1n) is 4.99. The van der Waals surface area contributed by atoms with Crippen molar-refractivity contribution in [2.45, 2.75) is 27.2 Å². The third kappa shape index (κ3) is 2.29. The molecule has 0 fully saturated rings. The third-order valence-corrected chi connectivity index (χ3v) is 2.54. The van der Waals surface area contributed by atoms with E-state index in [0.717, 1.165) is 12.1 Å². The molecule has 0 unspecified atom stereocenters. The molecule has 0 saturated carbocycles. The summed E-state index contributed by atoms with van der Waals surface area (Å²) < 4.78 is 1.90. The van der Waals surface area contributed by atoms with Crippen LogP contribution in [0.4, 0.5) is 0 Å². The van der Waals surface area contributed by atoms with Gasteiger partial charge in [-0.05, 0) is 6.07 Å². The van der Waals surface area contributed by atoms with Gasteiger partial charge in [0.05, 0.1) is 0 Å². The standard InChI is InChI=1S/C12H15N2.Ir/c1-4-10-8-11(12(2,3)9-10)14-7-5-6-13-14;/h5-7,9H,4H2,1-3H3;/q-1;. The van der Waals surface area contributed by atoms with E-state index >= 15 is 0 Å². The molecule has 0 aromatic carbocycles. The fourth-order valence-corrected chi connectivity index (χ4v) is 1.80. The van der Waals surface area contributed by atoms with Crippen molar-refractivity contribution in [1.82, 2.24) is 9.78 Å². The topological polar surface area (TPSA) is 17.8 Å². The van der Waals surface area contributed by atoms with Gasteiger partial charge in [0.2, 0.25) is 0 Å². The Bertz CT molecular complexity index is 386. The maximum atomic E-state index is 4.25. The van der Waals surface area contributed by atoms with Crippen LogP contribution < -0.4 is 0 Å². The number of hydrogen-bond donors (Lipinski definition) is 0. The summed E-state index contributed by atoms with van der Waals surface area (Å²) in [5, 5.41) is 4.25. The Morgan fingerprint density at radius 1 is 1.47 bits per heavy atom. The van der Waals surface area contributed by atoms with Crippen LogP contribution in [0.2, 0.25) is 0 Å². The second-order valence-electron chi connectivity index (χ2n) is 4.17. The normalized spacial score (nSPS) is 18.1. The fourth-order valence-electron chi connectivity index (χ4n) is 1.80. The van der Waals surface area contributed by atoms with E-state index in [-0.39, 0.29) is 25.5 Å². The minimum absolute atomic E-state index is 0. The van der Waals surface area contributed by atoms with E-state index in [0.29, 0.717) is 0 Å². The summed E-state index contributed by atoms with van der Waals surface area (Å²) >= 11 is 0. The largest absolute Gasteiger partial charge is 0.264 e. The molecule has 0 aliphatic heterocycles. The van der Waals surface area contributed by atoms with Gasteiger partial charge in [0, 0.05) is 32.5 Å². The zero-order chi connectivity index (χ0) is 10.2. The summed E-state index contributed by atoms with van der Waals surface area (Å²) in [5.74, 6) is 0. The Kier molecular flexibility index (Phi) is 3.69. The first kappa shape index (κ1) is 12.4. The van der Waals surface area contributed by atoms with Crippen LogP contribution in [0.5, 0.6) is 0 Å². The molecule has 1 aromatic heterocycles. The molecule has 3 heteroatoms. The molecule has 0 N–H and O–H groups in total. The van der Waals surface area contributed by atoms with Crippen LogP contribution in [0, 0.1) is 11.5 Å². The van der Waals surface area contributed by atoms with Gasteiger partial charge in [-0.3, -0.25) is 4.68 Å². The second kappa shape index (κ2) is 4.46. The van der Waals surface area contributed by atoms with Gasteiger partial charge in [0.25, 0.3) is 0 Å². The van der Waals surface area contributed by atoms with Gasteiger partial charge >= 0.3 is 0 Å². The predicted octanol–water partition coefficient (Wildman–Crippen LogP) is 2.90. The molecule has 1 heterocycles. The molecule has 15 heavy (non-hydrogen) atoms. The average molecular weight is 379 g/mol. The van der Waals surface area contributed by atoms with Crippen molar-refractivity contribution in [2.75, 3.05) is 0 Å². The molecule has 0 saturated heterocycles. The van der Waals surface area contributed by atoms with E-state index in [1.54, 1.807) is 6.20 Å². The SMILES string of the molecule is CCC1=CC(C)(C)C(n2cccn2)=[C-]1.[Ir]. The van der Waals surface area contributed by atoms with Gasteiger partial charge in [-0.15, -0.1) is 0 Å². The minimum atomic E-state index is 0. The van der Waals surface area contributed by atoms with E-state index in [2.05, 4.69) is 38.0 Å². The first-order valence-corrected chi connectivity index (χ1v) is 4.99. The van der Waals surface area contributed by atoms with Gasteiger partial charge in [0.1, 0.15) is 0 Å². The van der Waals surface area contributed by atoms with Crippen LogP contribution in [-0.2, 0) is 20.1 Å². The van der Waals surface area contributed by atoms with Crippen LogP contribution in [0.25, 0.3) is 5.70 Å². The van der Waals surface area contributed by atoms with Crippen molar-refractivity contribution in [3.8, 4) is 0 Å². The van der Waals surface area contributed by atoms with Gasteiger partial charge in [0.15, 0.2) is 0 Å². The molecule has 2 nitrogen and oxygen atoms in total.